The van der Waals surface area contributed by atoms with Crippen molar-refractivity contribution < 1.29 is 14.3 Å². The van der Waals surface area contributed by atoms with E-state index in [1.54, 1.807) is 11.8 Å². The highest BCUT2D eigenvalue weighted by molar-refractivity contribution is 9.10. The molecular weight excluding hydrogens is 584 g/mol. The van der Waals surface area contributed by atoms with Crippen molar-refractivity contribution in [3.05, 3.63) is 97.6 Å². The van der Waals surface area contributed by atoms with E-state index < -0.39 is 6.04 Å². The van der Waals surface area contributed by atoms with Crippen LogP contribution >= 0.6 is 27.5 Å². The molecule has 39 heavy (non-hydrogen) atoms. The fraction of sp³-hybridized carbons (Fsp3) is 0.214. The molecule has 3 aromatic carbocycles. The number of fused-ring (bicyclic) bond motifs is 1. The zero-order chi connectivity index (χ0) is 27.7. The number of carbonyl (C=O) groups excluding carboxylic acids is 1. The molecule has 1 atom stereocenters. The molecule has 1 amide bonds. The highest BCUT2D eigenvalue weighted by Gasteiger charge is 2.35. The zero-order valence-electron chi connectivity index (χ0n) is 21.8. The molecule has 2 N–H and O–H groups in total. The summed E-state index contributed by atoms with van der Waals surface area (Å²) in [6.45, 7) is 6.14. The van der Waals surface area contributed by atoms with Crippen LogP contribution in [-0.4, -0.2) is 33.2 Å². The molecule has 11 heteroatoms. The van der Waals surface area contributed by atoms with Crippen LogP contribution < -0.4 is 20.1 Å². The van der Waals surface area contributed by atoms with Crippen LogP contribution in [0.25, 0.3) is 0 Å². The number of nitrogens with one attached hydrogen (secondary N) is 2. The Morgan fingerprint density at radius 1 is 1.15 bits per heavy atom. The van der Waals surface area contributed by atoms with E-state index in [-0.39, 0.29) is 5.91 Å². The minimum atomic E-state index is -0.628. The molecule has 0 fully saturated rings. The molecule has 1 aromatic heterocycles. The van der Waals surface area contributed by atoms with Crippen LogP contribution in [0.2, 0.25) is 5.02 Å². The van der Waals surface area contributed by atoms with Gasteiger partial charge in [-0.15, -0.1) is 0 Å². The third-order valence-corrected chi connectivity index (χ3v) is 7.52. The summed E-state index contributed by atoms with van der Waals surface area (Å²) in [6.07, 6.45) is 0. The Morgan fingerprint density at radius 3 is 2.67 bits per heavy atom. The second kappa shape index (κ2) is 11.1. The Kier molecular flexibility index (Phi) is 7.58. The number of nitrogens with zero attached hydrogens (tertiary/aromatic N) is 4. The number of carbonyl (C=O) groups is 1. The molecule has 0 aliphatic carbocycles. The summed E-state index contributed by atoms with van der Waals surface area (Å²) < 4.78 is 14.1. The predicted octanol–water partition coefficient (Wildman–Crippen LogP) is 6.22. The van der Waals surface area contributed by atoms with Crippen LogP contribution in [0.3, 0.4) is 0 Å². The number of allylic oxidation sites excluding steroid dienone is 1. The number of aromatic nitrogens is 4. The molecule has 0 radical (unpaired) electrons. The number of tetrazole rings is 1. The molecule has 0 saturated carbocycles. The number of amides is 1. The Labute approximate surface area is 239 Å². The van der Waals surface area contributed by atoms with Crippen molar-refractivity contribution in [3.8, 4) is 11.5 Å². The lowest BCUT2D eigenvalue weighted by Crippen LogP contribution is -2.31. The first-order valence-corrected chi connectivity index (χ1v) is 13.3. The van der Waals surface area contributed by atoms with E-state index in [1.165, 1.54) is 0 Å². The third-order valence-electron chi connectivity index (χ3n) is 6.68. The van der Waals surface area contributed by atoms with Crippen molar-refractivity contribution in [2.24, 2.45) is 0 Å². The maximum atomic E-state index is 13.8. The highest BCUT2D eigenvalue weighted by Crippen LogP contribution is 2.43. The van der Waals surface area contributed by atoms with E-state index in [0.717, 1.165) is 27.9 Å². The predicted molar refractivity (Wildman–Crippen MR) is 153 cm³/mol. The molecule has 0 spiro atoms. The van der Waals surface area contributed by atoms with Crippen LogP contribution in [0, 0.1) is 13.8 Å². The van der Waals surface area contributed by atoms with Gasteiger partial charge in [0.05, 0.1) is 17.2 Å². The summed E-state index contributed by atoms with van der Waals surface area (Å²) in [5.74, 6) is 1.19. The van der Waals surface area contributed by atoms with Gasteiger partial charge in [0.2, 0.25) is 5.95 Å². The number of hydrogen-bond acceptors (Lipinski definition) is 7. The molecule has 1 unspecified atom stereocenters. The topological polar surface area (TPSA) is 103 Å². The van der Waals surface area contributed by atoms with E-state index in [1.807, 2.05) is 75.4 Å². The maximum absolute atomic E-state index is 13.8. The molecule has 9 nitrogen and oxygen atoms in total. The minimum absolute atomic E-state index is 0.266. The van der Waals surface area contributed by atoms with Gasteiger partial charge >= 0.3 is 0 Å². The Bertz CT molecular complexity index is 1580. The van der Waals surface area contributed by atoms with E-state index in [9.17, 15) is 4.79 Å². The van der Waals surface area contributed by atoms with E-state index in [2.05, 4.69) is 42.1 Å². The van der Waals surface area contributed by atoms with Crippen LogP contribution in [0.1, 0.15) is 35.2 Å². The van der Waals surface area contributed by atoms with Gasteiger partial charge in [-0.1, -0.05) is 41.0 Å². The summed E-state index contributed by atoms with van der Waals surface area (Å²) in [6, 6.07) is 16.3. The average Bonchev–Trinajstić information content (AvgIpc) is 3.38. The number of benzene rings is 3. The number of anilines is 2. The van der Waals surface area contributed by atoms with Crippen LogP contribution in [0.5, 0.6) is 11.5 Å². The van der Waals surface area contributed by atoms with Gasteiger partial charge in [-0.3, -0.25) is 4.79 Å². The number of rotatable bonds is 7. The lowest BCUT2D eigenvalue weighted by molar-refractivity contribution is -0.113. The lowest BCUT2D eigenvalue weighted by atomic mass is 9.94. The number of aryl methyl sites for hydroxylation is 1. The highest BCUT2D eigenvalue weighted by atomic mass is 79.9. The second-order valence-electron chi connectivity index (χ2n) is 9.16. The van der Waals surface area contributed by atoms with Crippen molar-refractivity contribution in [1.82, 2.24) is 20.2 Å². The standard InChI is InChI=1S/C28H26BrClN6O3/c1-15-6-5-7-22(16(15)2)32-27(37)24-17(3)31-28-33-34-35-36(28)25(24)19-12-21(29)26(23(13-19)38-4)39-14-18-8-10-20(30)11-9-18/h5-13,25H,14H2,1-4H3,(H,32,37)(H,31,33,35). The number of ether oxygens (including phenoxy) is 2. The first kappa shape index (κ1) is 26.7. The van der Waals surface area contributed by atoms with Crippen LogP contribution in [-0.2, 0) is 11.4 Å². The van der Waals surface area contributed by atoms with Gasteiger partial charge in [0.25, 0.3) is 5.91 Å². The van der Waals surface area contributed by atoms with E-state index >= 15 is 0 Å². The zero-order valence-corrected chi connectivity index (χ0v) is 24.1. The van der Waals surface area contributed by atoms with Gasteiger partial charge in [-0.2, -0.15) is 4.68 Å². The monoisotopic (exact) mass is 608 g/mol. The van der Waals surface area contributed by atoms with Gasteiger partial charge in [-0.25, -0.2) is 0 Å². The summed E-state index contributed by atoms with van der Waals surface area (Å²) in [7, 11) is 1.57. The van der Waals surface area contributed by atoms with E-state index in [0.29, 0.717) is 44.8 Å². The van der Waals surface area contributed by atoms with Gasteiger partial charge in [0.15, 0.2) is 11.5 Å². The fourth-order valence-corrected chi connectivity index (χ4v) is 5.16. The average molecular weight is 610 g/mol. The summed E-state index contributed by atoms with van der Waals surface area (Å²) in [5, 5.41) is 19.0. The van der Waals surface area contributed by atoms with Gasteiger partial charge in [-0.05, 0) is 99.7 Å². The van der Waals surface area contributed by atoms with Gasteiger partial charge in [0.1, 0.15) is 12.6 Å². The van der Waals surface area contributed by atoms with Crippen LogP contribution in [0.4, 0.5) is 11.6 Å². The molecule has 200 valence electrons. The SMILES string of the molecule is COc1cc(C2C(C(=O)Nc3cccc(C)c3C)=C(C)Nc3nnnn32)cc(Br)c1OCc1ccc(Cl)cc1. The largest absolute Gasteiger partial charge is 0.493 e. The molecular formula is C28H26BrClN6O3. The molecule has 0 bridgehead atoms. The maximum Gasteiger partial charge on any atom is 0.255 e. The summed E-state index contributed by atoms with van der Waals surface area (Å²) >= 11 is 9.65. The Balaban J connectivity index is 1.52. The normalized spacial score (nSPS) is 14.5. The van der Waals surface area contributed by atoms with Crippen molar-refractivity contribution in [2.75, 3.05) is 17.7 Å². The first-order valence-electron chi connectivity index (χ1n) is 12.1. The molecule has 1 aliphatic rings. The molecule has 5 rings (SSSR count). The number of halogens is 2. The lowest BCUT2D eigenvalue weighted by Gasteiger charge is -2.29. The number of methoxy groups -OCH3 is 1. The van der Waals surface area contributed by atoms with Crippen molar-refractivity contribution in [2.45, 2.75) is 33.4 Å². The van der Waals surface area contributed by atoms with E-state index in [4.69, 9.17) is 21.1 Å². The third kappa shape index (κ3) is 5.35. The molecule has 0 saturated heterocycles. The first-order chi connectivity index (χ1) is 18.8. The summed E-state index contributed by atoms with van der Waals surface area (Å²) in [4.78, 5) is 13.8. The molecule has 4 aromatic rings. The van der Waals surface area contributed by atoms with Crippen molar-refractivity contribution in [1.29, 1.82) is 0 Å². The van der Waals surface area contributed by atoms with Crippen LogP contribution in [0.15, 0.2) is 70.3 Å². The second-order valence-corrected chi connectivity index (χ2v) is 10.5. The van der Waals surface area contributed by atoms with Gasteiger partial charge in [0, 0.05) is 16.4 Å². The minimum Gasteiger partial charge on any atom is -0.493 e. The van der Waals surface area contributed by atoms with Crippen molar-refractivity contribution >= 4 is 45.1 Å². The fourth-order valence-electron chi connectivity index (χ4n) is 4.46. The smallest absolute Gasteiger partial charge is 0.255 e. The van der Waals surface area contributed by atoms with Gasteiger partial charge < -0.3 is 20.1 Å². The van der Waals surface area contributed by atoms with Crippen molar-refractivity contribution in [3.63, 3.8) is 0 Å². The molecule has 1 aliphatic heterocycles. The number of hydrogen-bond donors (Lipinski definition) is 2. The molecule has 2 heterocycles. The Morgan fingerprint density at radius 2 is 1.92 bits per heavy atom. The summed E-state index contributed by atoms with van der Waals surface area (Å²) in [5.41, 5.74) is 5.63. The Hall–Kier alpha value is -3.89. The quantitative estimate of drug-likeness (QED) is 0.256.